The third-order valence-electron chi connectivity index (χ3n) is 3.87. The molecule has 0 atom stereocenters. The second-order valence-electron chi connectivity index (χ2n) is 5.73. The quantitative estimate of drug-likeness (QED) is 0.729. The maximum Gasteiger partial charge on any atom is 0.272 e. The van der Waals surface area contributed by atoms with Gasteiger partial charge in [-0.05, 0) is 30.7 Å². The molecule has 0 saturated carbocycles. The molecular weight excluding hydrogens is 331 g/mol. The first-order chi connectivity index (χ1) is 12.7. The molecule has 1 heterocycles. The third kappa shape index (κ3) is 4.42. The smallest absolute Gasteiger partial charge is 0.272 e. The molecule has 0 radical (unpaired) electrons. The summed E-state index contributed by atoms with van der Waals surface area (Å²) in [5, 5.41) is 2.98. The molecule has 0 unspecified atom stereocenters. The summed E-state index contributed by atoms with van der Waals surface area (Å²) in [6, 6.07) is 17.4. The second-order valence-corrected chi connectivity index (χ2v) is 5.73. The van der Waals surface area contributed by atoms with Gasteiger partial charge >= 0.3 is 0 Å². The van der Waals surface area contributed by atoms with Crippen LogP contribution in [0.5, 0.6) is 0 Å². The molecule has 0 spiro atoms. The van der Waals surface area contributed by atoms with E-state index < -0.39 is 0 Å². The van der Waals surface area contributed by atoms with Gasteiger partial charge in [0.1, 0.15) is 23.7 Å². The number of anilines is 2. The maximum atomic E-state index is 13.3. The lowest BCUT2D eigenvalue weighted by Crippen LogP contribution is -2.31. The first kappa shape index (κ1) is 17.5. The van der Waals surface area contributed by atoms with Crippen LogP contribution in [0.15, 0.2) is 67.0 Å². The molecule has 132 valence electrons. The van der Waals surface area contributed by atoms with Crippen molar-refractivity contribution in [2.24, 2.45) is 0 Å². The zero-order chi connectivity index (χ0) is 18.4. The summed E-state index contributed by atoms with van der Waals surface area (Å²) in [6.07, 6.45) is 1.32. The molecule has 1 N–H and O–H groups in total. The van der Waals surface area contributed by atoms with Gasteiger partial charge < -0.3 is 10.2 Å². The number of hydrogen-bond acceptors (Lipinski definition) is 4. The molecule has 3 rings (SSSR count). The number of carbonyl (C=O) groups is 1. The van der Waals surface area contributed by atoms with Crippen molar-refractivity contribution in [2.45, 2.75) is 13.5 Å². The molecule has 0 aliphatic carbocycles. The van der Waals surface area contributed by atoms with Gasteiger partial charge in [0.25, 0.3) is 5.91 Å². The molecule has 0 fully saturated rings. The second kappa shape index (κ2) is 8.20. The number of hydrogen-bond donors (Lipinski definition) is 1. The molecular formula is C20H19FN4O. The summed E-state index contributed by atoms with van der Waals surface area (Å²) in [5.74, 6) is -0.0915. The molecule has 6 heteroatoms. The highest BCUT2D eigenvalue weighted by Crippen LogP contribution is 2.16. The normalized spacial score (nSPS) is 10.4. The number of aromatic nitrogens is 2. The minimum Gasteiger partial charge on any atom is -0.340 e. The average molecular weight is 350 g/mol. The highest BCUT2D eigenvalue weighted by Gasteiger charge is 2.16. The van der Waals surface area contributed by atoms with E-state index in [1.54, 1.807) is 23.1 Å². The highest BCUT2D eigenvalue weighted by atomic mass is 19.1. The molecule has 0 aliphatic heterocycles. The fourth-order valence-electron chi connectivity index (χ4n) is 2.55. The van der Waals surface area contributed by atoms with E-state index in [-0.39, 0.29) is 17.4 Å². The van der Waals surface area contributed by atoms with E-state index in [4.69, 9.17) is 0 Å². The van der Waals surface area contributed by atoms with E-state index in [1.807, 2.05) is 37.3 Å². The summed E-state index contributed by atoms with van der Waals surface area (Å²) in [6.45, 7) is 2.99. The Labute approximate surface area is 151 Å². The van der Waals surface area contributed by atoms with Crippen molar-refractivity contribution in [3.8, 4) is 0 Å². The topological polar surface area (TPSA) is 58.1 Å². The summed E-state index contributed by atoms with van der Waals surface area (Å²) in [5.41, 5.74) is 1.89. The summed E-state index contributed by atoms with van der Waals surface area (Å²) in [7, 11) is 0. The van der Waals surface area contributed by atoms with E-state index in [9.17, 15) is 9.18 Å². The predicted octanol–water partition coefficient (Wildman–Crippen LogP) is 4.02. The molecule has 0 bridgehead atoms. The Kier molecular flexibility index (Phi) is 5.53. The van der Waals surface area contributed by atoms with Crippen LogP contribution in [-0.2, 0) is 6.54 Å². The fraction of sp³-hybridized carbons (Fsp3) is 0.150. The van der Waals surface area contributed by atoms with E-state index in [0.717, 1.165) is 5.56 Å². The Bertz CT molecular complexity index is 886. The van der Waals surface area contributed by atoms with E-state index >= 15 is 0 Å². The lowest BCUT2D eigenvalue weighted by atomic mass is 10.2. The first-order valence-corrected chi connectivity index (χ1v) is 8.33. The van der Waals surface area contributed by atoms with Gasteiger partial charge in [0.2, 0.25) is 0 Å². The van der Waals surface area contributed by atoms with Crippen LogP contribution in [0, 0.1) is 5.82 Å². The standard InChI is InChI=1S/C20H19FN4O/c1-2-25(13-15-7-4-3-5-8-15)20(26)18-12-19(23-14-22-18)24-17-10-6-9-16(21)11-17/h3-12,14H,2,13H2,1H3,(H,22,23,24). The Morgan fingerprint density at radius 1 is 1.08 bits per heavy atom. The molecule has 0 saturated heterocycles. The monoisotopic (exact) mass is 350 g/mol. The van der Waals surface area contributed by atoms with Crippen molar-refractivity contribution in [3.63, 3.8) is 0 Å². The van der Waals surface area contributed by atoms with Crippen molar-refractivity contribution >= 4 is 17.4 Å². The van der Waals surface area contributed by atoms with Gasteiger partial charge in [-0.1, -0.05) is 36.4 Å². The third-order valence-corrected chi connectivity index (χ3v) is 3.87. The minimum absolute atomic E-state index is 0.180. The van der Waals surface area contributed by atoms with Crippen molar-refractivity contribution in [1.29, 1.82) is 0 Å². The van der Waals surface area contributed by atoms with Crippen LogP contribution in [-0.4, -0.2) is 27.3 Å². The largest absolute Gasteiger partial charge is 0.340 e. The Hall–Kier alpha value is -3.28. The van der Waals surface area contributed by atoms with Crippen molar-refractivity contribution in [1.82, 2.24) is 14.9 Å². The van der Waals surface area contributed by atoms with Crippen molar-refractivity contribution < 1.29 is 9.18 Å². The summed E-state index contributed by atoms with van der Waals surface area (Å²) >= 11 is 0. The summed E-state index contributed by atoms with van der Waals surface area (Å²) < 4.78 is 13.3. The number of nitrogens with one attached hydrogen (secondary N) is 1. The minimum atomic E-state index is -0.347. The first-order valence-electron chi connectivity index (χ1n) is 8.33. The molecule has 1 aromatic heterocycles. The van der Waals surface area contributed by atoms with Crippen molar-refractivity contribution in [3.05, 3.63) is 84.1 Å². The van der Waals surface area contributed by atoms with Crippen LogP contribution in [0.25, 0.3) is 0 Å². The van der Waals surface area contributed by atoms with E-state index in [1.165, 1.54) is 18.5 Å². The molecule has 0 aliphatic rings. The number of amides is 1. The van der Waals surface area contributed by atoms with Crippen LogP contribution in [0.4, 0.5) is 15.9 Å². The zero-order valence-electron chi connectivity index (χ0n) is 14.4. The Morgan fingerprint density at radius 2 is 1.88 bits per heavy atom. The Morgan fingerprint density at radius 3 is 2.62 bits per heavy atom. The van der Waals surface area contributed by atoms with Crippen LogP contribution in [0.1, 0.15) is 23.0 Å². The van der Waals surface area contributed by atoms with Gasteiger partial charge in [-0.25, -0.2) is 14.4 Å². The van der Waals surface area contributed by atoms with Crippen LogP contribution >= 0.6 is 0 Å². The van der Waals surface area contributed by atoms with Crippen LogP contribution in [0.3, 0.4) is 0 Å². The number of rotatable bonds is 6. The van der Waals surface area contributed by atoms with Gasteiger partial charge in [0, 0.05) is 24.8 Å². The number of halogens is 1. The maximum absolute atomic E-state index is 13.3. The molecule has 26 heavy (non-hydrogen) atoms. The number of benzene rings is 2. The van der Waals surface area contributed by atoms with Crippen LogP contribution < -0.4 is 5.32 Å². The molecule has 2 aromatic carbocycles. The predicted molar refractivity (Wildman–Crippen MR) is 98.6 cm³/mol. The van der Waals surface area contributed by atoms with Gasteiger partial charge in [-0.15, -0.1) is 0 Å². The van der Waals surface area contributed by atoms with Gasteiger partial charge in [0.15, 0.2) is 0 Å². The Balaban J connectivity index is 1.76. The fourth-order valence-corrected chi connectivity index (χ4v) is 2.55. The van der Waals surface area contributed by atoms with Gasteiger partial charge in [-0.2, -0.15) is 0 Å². The molecule has 1 amide bonds. The molecule has 5 nitrogen and oxygen atoms in total. The number of nitrogens with zero attached hydrogens (tertiary/aromatic N) is 3. The van der Waals surface area contributed by atoms with Crippen LogP contribution in [0.2, 0.25) is 0 Å². The number of carbonyl (C=O) groups excluding carboxylic acids is 1. The van der Waals surface area contributed by atoms with E-state index in [2.05, 4.69) is 15.3 Å². The molecule has 3 aromatic rings. The zero-order valence-corrected chi connectivity index (χ0v) is 14.4. The van der Waals surface area contributed by atoms with Gasteiger partial charge in [-0.3, -0.25) is 4.79 Å². The van der Waals surface area contributed by atoms with Gasteiger partial charge in [0.05, 0.1) is 0 Å². The van der Waals surface area contributed by atoms with Crippen molar-refractivity contribution in [2.75, 3.05) is 11.9 Å². The lowest BCUT2D eigenvalue weighted by molar-refractivity contribution is 0.0746. The average Bonchev–Trinajstić information content (AvgIpc) is 2.66. The SMILES string of the molecule is CCN(Cc1ccccc1)C(=O)c1cc(Nc2cccc(F)c2)ncn1. The van der Waals surface area contributed by atoms with E-state index in [0.29, 0.717) is 24.6 Å². The summed E-state index contributed by atoms with van der Waals surface area (Å²) in [4.78, 5) is 22.7. The highest BCUT2D eigenvalue weighted by molar-refractivity contribution is 5.93. The lowest BCUT2D eigenvalue weighted by Gasteiger charge is -2.20.